The number of halogens is 4. The lowest BCUT2D eigenvalue weighted by Gasteiger charge is -2.37. The lowest BCUT2D eigenvalue weighted by molar-refractivity contribution is -0.0436. The number of alkyl halides is 3. The number of likely N-dealkylation sites (tertiary alicyclic amines) is 1. The van der Waals surface area contributed by atoms with E-state index in [1.165, 1.54) is 36.0 Å². The predicted octanol–water partition coefficient (Wildman–Crippen LogP) is 10.1. The zero-order chi connectivity index (χ0) is 56.3. The zero-order valence-electron chi connectivity index (χ0n) is 44.3. The van der Waals surface area contributed by atoms with Crippen molar-refractivity contribution in [1.29, 1.82) is 0 Å². The summed E-state index contributed by atoms with van der Waals surface area (Å²) in [5.74, 6) is -0.224. The van der Waals surface area contributed by atoms with Crippen LogP contribution in [0.2, 0.25) is 0 Å². The number of anilines is 4. The molecule has 0 radical (unpaired) electrons. The molecule has 2 saturated heterocycles. The average Bonchev–Trinajstić information content (AvgIpc) is 4.01. The van der Waals surface area contributed by atoms with E-state index < -0.39 is 46.8 Å². The van der Waals surface area contributed by atoms with Crippen LogP contribution in [0.15, 0.2) is 136 Å². The molecule has 1 amide bonds. The van der Waals surface area contributed by atoms with Gasteiger partial charge in [0.2, 0.25) is 0 Å². The minimum absolute atomic E-state index is 0.0737. The number of hydrogen-bond acceptors (Lipinski definition) is 12. The summed E-state index contributed by atoms with van der Waals surface area (Å²) in [6.45, 7) is 7.86. The molecule has 5 N–H and O–H groups in total. The molecule has 1 atom stereocenters. The Morgan fingerprint density at radius 2 is 1.43 bits per heavy atom. The van der Waals surface area contributed by atoms with Gasteiger partial charge in [0.15, 0.2) is 0 Å². The second-order valence-corrected chi connectivity index (χ2v) is 25.8. The Labute approximate surface area is 464 Å². The number of aliphatic hydroxyl groups is 2. The fourth-order valence-electron chi connectivity index (χ4n) is 10.7. The number of piperazine rings is 1. The van der Waals surface area contributed by atoms with Gasteiger partial charge in [-0.05, 0) is 161 Å². The first-order chi connectivity index (χ1) is 37.5. The number of rotatable bonds is 18. The van der Waals surface area contributed by atoms with Crippen LogP contribution in [0.25, 0.3) is 22.4 Å². The van der Waals surface area contributed by atoms with Crippen molar-refractivity contribution in [3.05, 3.63) is 138 Å². The molecular formula is C58H67F4N7O7S3. The maximum Gasteiger partial charge on any atom is 0.501 e. The van der Waals surface area contributed by atoms with Gasteiger partial charge < -0.3 is 40.1 Å². The van der Waals surface area contributed by atoms with E-state index in [-0.39, 0.29) is 35.2 Å². The first-order valence-electron chi connectivity index (χ1n) is 26.6. The number of benzene rings is 5. The average molecular weight is 1150 g/mol. The van der Waals surface area contributed by atoms with Crippen molar-refractivity contribution in [3.63, 3.8) is 0 Å². The number of hydrogen-bond donors (Lipinski definition) is 5. The molecule has 0 unspecified atom stereocenters. The van der Waals surface area contributed by atoms with Crippen LogP contribution in [0, 0.1) is 12.7 Å². The Hall–Kier alpha value is -6.10. The lowest BCUT2D eigenvalue weighted by atomic mass is 9.92. The smallest absolute Gasteiger partial charge is 0.393 e. The van der Waals surface area contributed by atoms with Gasteiger partial charge in [0, 0.05) is 104 Å². The molecule has 5 aromatic carbocycles. The number of sulfonamides is 1. The number of amides is 1. The Morgan fingerprint density at radius 1 is 0.785 bits per heavy atom. The summed E-state index contributed by atoms with van der Waals surface area (Å²) >= 11 is 1.45. The minimum Gasteiger partial charge on any atom is -0.393 e. The van der Waals surface area contributed by atoms with Crippen LogP contribution in [0.3, 0.4) is 0 Å². The molecule has 0 bridgehead atoms. The van der Waals surface area contributed by atoms with Crippen LogP contribution < -0.4 is 25.2 Å². The van der Waals surface area contributed by atoms with Gasteiger partial charge in [0.05, 0.1) is 33.5 Å². The highest BCUT2D eigenvalue weighted by molar-refractivity contribution is 7.99. The summed E-state index contributed by atoms with van der Waals surface area (Å²) in [6.07, 6.45) is 3.75. The van der Waals surface area contributed by atoms with Crippen LogP contribution in [-0.2, 0) is 26.9 Å². The molecule has 21 heteroatoms. The molecule has 6 aromatic rings. The van der Waals surface area contributed by atoms with Gasteiger partial charge in [-0.15, -0.1) is 11.8 Å². The SMILES string of the molecule is Cc1c(C(=O)NC2CCC(O)CC2)c(-c2cccc(N3CCN(c4ccc(NS(=O)(=O)c5ccc(N[C@H](CCN6CCC(C)(O)CC6)CSc6ccccc6)c(S(=O)(=O)C(F)(F)F)c5)cc4)CC3)c2)c(-c2ccc(F)cc2)n1C. The van der Waals surface area contributed by atoms with Gasteiger partial charge in [0.1, 0.15) is 10.7 Å². The molecule has 1 saturated carbocycles. The molecule has 14 nitrogen and oxygen atoms in total. The third kappa shape index (κ3) is 13.6. The van der Waals surface area contributed by atoms with Crippen molar-refractivity contribution < 1.29 is 49.4 Å². The number of aliphatic hydroxyl groups excluding tert-OH is 1. The van der Waals surface area contributed by atoms with Crippen LogP contribution in [0.5, 0.6) is 0 Å². The number of thioether (sulfide) groups is 1. The third-order valence-corrected chi connectivity index (χ3v) is 19.5. The maximum absolute atomic E-state index is 14.4. The number of nitrogens with zero attached hydrogens (tertiary/aromatic N) is 4. The summed E-state index contributed by atoms with van der Waals surface area (Å²) in [4.78, 5) is 19.8. The molecule has 2 aliphatic heterocycles. The van der Waals surface area contributed by atoms with E-state index in [4.69, 9.17) is 0 Å². The summed E-state index contributed by atoms with van der Waals surface area (Å²) < 4.78 is 116. The van der Waals surface area contributed by atoms with Crippen molar-refractivity contribution in [3.8, 4) is 22.4 Å². The van der Waals surface area contributed by atoms with Crippen molar-refractivity contribution in [2.24, 2.45) is 7.05 Å². The molecule has 0 spiro atoms. The number of nitrogens with one attached hydrogen (secondary N) is 3. The first kappa shape index (κ1) is 57.6. The van der Waals surface area contributed by atoms with Gasteiger partial charge in [-0.3, -0.25) is 9.52 Å². The Kier molecular flexibility index (Phi) is 17.4. The quantitative estimate of drug-likeness (QED) is 0.0407. The third-order valence-electron chi connectivity index (χ3n) is 15.5. The van der Waals surface area contributed by atoms with Gasteiger partial charge in [-0.25, -0.2) is 21.2 Å². The highest BCUT2D eigenvalue weighted by atomic mass is 32.2. The van der Waals surface area contributed by atoms with E-state index >= 15 is 0 Å². The topological polar surface area (TPSA) is 177 Å². The molecular weight excluding hydrogens is 1080 g/mol. The minimum atomic E-state index is -6.04. The summed E-state index contributed by atoms with van der Waals surface area (Å²) in [6, 6.07) is 32.2. The zero-order valence-corrected chi connectivity index (χ0v) is 46.8. The van der Waals surface area contributed by atoms with Crippen molar-refractivity contribution in [2.45, 2.75) is 103 Å². The van der Waals surface area contributed by atoms with Crippen LogP contribution >= 0.6 is 11.8 Å². The van der Waals surface area contributed by atoms with E-state index in [1.54, 1.807) is 31.2 Å². The van der Waals surface area contributed by atoms with Crippen molar-refractivity contribution in [1.82, 2.24) is 14.8 Å². The first-order valence-corrected chi connectivity index (χ1v) is 30.5. The number of carbonyl (C=O) groups is 1. The molecule has 3 fully saturated rings. The van der Waals surface area contributed by atoms with Gasteiger partial charge in [-0.1, -0.05) is 30.3 Å². The number of carbonyl (C=O) groups excluding carboxylic acids is 1. The molecule has 3 aliphatic rings. The van der Waals surface area contributed by atoms with Crippen LogP contribution in [0.4, 0.5) is 40.3 Å². The van der Waals surface area contributed by atoms with E-state index in [9.17, 15) is 49.4 Å². The summed E-state index contributed by atoms with van der Waals surface area (Å²) in [7, 11) is -8.76. The second-order valence-electron chi connectivity index (χ2n) is 21.1. The predicted molar refractivity (Wildman–Crippen MR) is 304 cm³/mol. The Balaban J connectivity index is 0.890. The molecule has 3 heterocycles. The summed E-state index contributed by atoms with van der Waals surface area (Å²) in [5, 5.41) is 26.8. The van der Waals surface area contributed by atoms with Gasteiger partial charge >= 0.3 is 5.51 Å². The molecule has 79 heavy (non-hydrogen) atoms. The van der Waals surface area contributed by atoms with Gasteiger partial charge in [0.25, 0.3) is 25.8 Å². The Bertz CT molecular complexity index is 3320. The molecule has 422 valence electrons. The highest BCUT2D eigenvalue weighted by Crippen LogP contribution is 2.41. The lowest BCUT2D eigenvalue weighted by Crippen LogP contribution is -2.46. The Morgan fingerprint density at radius 3 is 2.08 bits per heavy atom. The number of piperidine rings is 1. The van der Waals surface area contributed by atoms with Gasteiger partial charge in [-0.2, -0.15) is 13.2 Å². The van der Waals surface area contributed by atoms with Crippen LogP contribution in [-0.4, -0.2) is 123 Å². The van der Waals surface area contributed by atoms with E-state index in [2.05, 4.69) is 36.1 Å². The standard InChI is InChI=1S/C58H67F4N7O7S3/c1-39-53(56(71)64-43-18-22-48(70)23-19-43)54(55(66(39)3)40-12-14-42(59)15-13-40)41-8-7-9-47(36-41)69-34-32-68(33-35-69)46-20-16-44(17-21-46)65-79(75,76)50-24-25-51(52(37-50)78(73,74)58(60,61)62)63-45(38-77-49-10-5-4-6-11-49)26-29-67-30-27-57(2,72)28-31-67/h4-17,20-21,24-25,36-37,43,45,48,63,65,70,72H,18-19,22-23,26-35,38H2,1-3H3,(H,64,71)/t43?,45-,48?/m1/s1. The van der Waals surface area contributed by atoms with Crippen molar-refractivity contribution >= 4 is 60.3 Å². The largest absolute Gasteiger partial charge is 0.501 e. The molecule has 9 rings (SSSR count). The normalized spacial score (nSPS) is 18.7. The second kappa shape index (κ2) is 23.9. The van der Waals surface area contributed by atoms with Crippen molar-refractivity contribution in [2.75, 3.05) is 71.4 Å². The molecule has 1 aliphatic carbocycles. The molecule has 1 aromatic heterocycles. The summed E-state index contributed by atoms with van der Waals surface area (Å²) in [5.41, 5.74) is -0.693. The number of sulfone groups is 1. The van der Waals surface area contributed by atoms with Crippen LogP contribution in [0.1, 0.15) is 67.9 Å². The highest BCUT2D eigenvalue weighted by Gasteiger charge is 2.48. The fraction of sp³-hybridized carbons (Fsp3) is 0.397. The monoisotopic (exact) mass is 1150 g/mol. The van der Waals surface area contributed by atoms with E-state index in [0.717, 1.165) is 56.5 Å². The maximum atomic E-state index is 14.4. The number of aromatic nitrogens is 1. The van der Waals surface area contributed by atoms with E-state index in [1.807, 2.05) is 67.1 Å². The van der Waals surface area contributed by atoms with E-state index in [0.29, 0.717) is 108 Å². The fourth-order valence-corrected chi connectivity index (χ4v) is 13.8.